The minimum absolute atomic E-state index is 0.0568. The van der Waals surface area contributed by atoms with Crippen LogP contribution in [0.25, 0.3) is 0 Å². The first-order chi connectivity index (χ1) is 9.63. The molecule has 2 aromatic rings. The molecule has 2 rings (SSSR count). The van der Waals surface area contributed by atoms with E-state index in [1.165, 1.54) is 12.1 Å². The van der Waals surface area contributed by atoms with Gasteiger partial charge in [-0.3, -0.25) is 10.1 Å². The van der Waals surface area contributed by atoms with Gasteiger partial charge < -0.3 is 15.2 Å². The Balaban J connectivity index is 2.40. The number of nitro groups is 1. The summed E-state index contributed by atoms with van der Waals surface area (Å²) in [6, 6.07) is 11.5. The van der Waals surface area contributed by atoms with Crippen LogP contribution in [-0.4, -0.2) is 11.5 Å². The number of benzene rings is 2. The molecule has 0 atom stereocenters. The zero-order valence-corrected chi connectivity index (χ0v) is 10.9. The Morgan fingerprint density at radius 2 is 1.75 bits per heavy atom. The molecule has 20 heavy (non-hydrogen) atoms. The summed E-state index contributed by atoms with van der Waals surface area (Å²) in [5.74, 6) is 1.01. The first kappa shape index (κ1) is 13.7. The van der Waals surface area contributed by atoms with Crippen LogP contribution in [0.2, 0.25) is 0 Å². The summed E-state index contributed by atoms with van der Waals surface area (Å²) in [7, 11) is 0. The van der Waals surface area contributed by atoms with Crippen LogP contribution in [0.1, 0.15) is 6.92 Å². The van der Waals surface area contributed by atoms with Gasteiger partial charge in [-0.2, -0.15) is 0 Å². The van der Waals surface area contributed by atoms with E-state index in [1.807, 2.05) is 6.92 Å². The maximum atomic E-state index is 11.1. The molecule has 0 heterocycles. The van der Waals surface area contributed by atoms with Crippen molar-refractivity contribution in [2.24, 2.45) is 0 Å². The summed E-state index contributed by atoms with van der Waals surface area (Å²) < 4.78 is 11.0. The van der Waals surface area contributed by atoms with Gasteiger partial charge in [-0.05, 0) is 31.2 Å². The van der Waals surface area contributed by atoms with Crippen molar-refractivity contribution < 1.29 is 14.4 Å². The van der Waals surface area contributed by atoms with Crippen LogP contribution in [0.5, 0.6) is 17.2 Å². The highest BCUT2D eigenvalue weighted by atomic mass is 16.6. The second-order valence-corrected chi connectivity index (χ2v) is 3.93. The quantitative estimate of drug-likeness (QED) is 0.513. The van der Waals surface area contributed by atoms with Gasteiger partial charge in [0.15, 0.2) is 11.5 Å². The molecule has 0 radical (unpaired) electrons. The number of nitrogens with two attached hydrogens (primary N) is 1. The van der Waals surface area contributed by atoms with Crippen LogP contribution in [0.3, 0.4) is 0 Å². The number of anilines is 1. The highest BCUT2D eigenvalue weighted by Gasteiger charge is 2.20. The van der Waals surface area contributed by atoms with Crippen LogP contribution in [-0.2, 0) is 0 Å². The molecule has 0 aromatic heterocycles. The lowest BCUT2D eigenvalue weighted by Gasteiger charge is -2.11. The van der Waals surface area contributed by atoms with Gasteiger partial charge in [0.25, 0.3) is 0 Å². The highest BCUT2D eigenvalue weighted by molar-refractivity contribution is 5.66. The lowest BCUT2D eigenvalue weighted by Crippen LogP contribution is -2.00. The van der Waals surface area contributed by atoms with Gasteiger partial charge in [0, 0.05) is 0 Å². The van der Waals surface area contributed by atoms with E-state index in [0.29, 0.717) is 18.1 Å². The molecule has 0 fully saturated rings. The van der Waals surface area contributed by atoms with Gasteiger partial charge in [0.1, 0.15) is 5.69 Å². The first-order valence-electron chi connectivity index (χ1n) is 6.06. The summed E-state index contributed by atoms with van der Waals surface area (Å²) in [6.45, 7) is 2.32. The molecule has 0 bridgehead atoms. The molecule has 6 nitrogen and oxygen atoms in total. The van der Waals surface area contributed by atoms with Gasteiger partial charge in [-0.1, -0.05) is 18.2 Å². The van der Waals surface area contributed by atoms with Gasteiger partial charge in [0.05, 0.1) is 11.5 Å². The first-order valence-corrected chi connectivity index (χ1v) is 6.06. The summed E-state index contributed by atoms with van der Waals surface area (Å²) in [5.41, 5.74) is 5.43. The summed E-state index contributed by atoms with van der Waals surface area (Å²) >= 11 is 0. The topological polar surface area (TPSA) is 87.6 Å². The van der Waals surface area contributed by atoms with Crippen molar-refractivity contribution in [1.29, 1.82) is 0 Å². The van der Waals surface area contributed by atoms with Crippen molar-refractivity contribution in [3.05, 3.63) is 52.6 Å². The molecule has 104 valence electrons. The number of ether oxygens (including phenoxy) is 2. The average molecular weight is 274 g/mol. The third kappa shape index (κ3) is 2.80. The van der Waals surface area contributed by atoms with Crippen molar-refractivity contribution in [2.75, 3.05) is 12.3 Å². The van der Waals surface area contributed by atoms with Crippen molar-refractivity contribution in [2.45, 2.75) is 6.92 Å². The van der Waals surface area contributed by atoms with Crippen LogP contribution in [0, 0.1) is 10.1 Å². The molecule has 0 unspecified atom stereocenters. The molecule has 0 aliphatic heterocycles. The molecular formula is C14H14N2O4. The minimum Gasteiger partial charge on any atom is -0.490 e. The van der Waals surface area contributed by atoms with Crippen LogP contribution >= 0.6 is 0 Å². The Kier molecular flexibility index (Phi) is 4.05. The third-order valence-electron chi connectivity index (χ3n) is 2.58. The second-order valence-electron chi connectivity index (χ2n) is 3.93. The molecule has 0 amide bonds. The normalized spacial score (nSPS) is 10.1. The molecule has 0 aliphatic rings. The molecule has 2 N–H and O–H groups in total. The largest absolute Gasteiger partial charge is 0.490 e. The minimum atomic E-state index is -0.562. The van der Waals surface area contributed by atoms with Crippen molar-refractivity contribution in [3.63, 3.8) is 0 Å². The SMILES string of the molecule is CCOc1ccccc1Oc1cccc(N)c1[N+](=O)[O-]. The Bertz CT molecular complexity index is 628. The van der Waals surface area contributed by atoms with Crippen LogP contribution in [0.15, 0.2) is 42.5 Å². The van der Waals surface area contributed by atoms with E-state index in [-0.39, 0.29) is 17.1 Å². The third-order valence-corrected chi connectivity index (χ3v) is 2.58. The number of nitrogens with zero attached hydrogens (tertiary/aromatic N) is 1. The number of nitrogen functional groups attached to an aromatic ring is 1. The fraction of sp³-hybridized carbons (Fsp3) is 0.143. The van der Waals surface area contributed by atoms with E-state index in [0.717, 1.165) is 0 Å². The standard InChI is InChI=1S/C14H14N2O4/c1-2-19-11-7-3-4-8-12(11)20-13-9-5-6-10(15)14(13)16(17)18/h3-9H,2,15H2,1H3. The fourth-order valence-corrected chi connectivity index (χ4v) is 1.74. The molecule has 6 heteroatoms. The monoisotopic (exact) mass is 274 g/mol. The molecule has 0 aliphatic carbocycles. The van der Waals surface area contributed by atoms with Gasteiger partial charge in [-0.15, -0.1) is 0 Å². The molecule has 0 spiro atoms. The average Bonchev–Trinajstić information content (AvgIpc) is 2.41. The van der Waals surface area contributed by atoms with E-state index < -0.39 is 4.92 Å². The van der Waals surface area contributed by atoms with E-state index in [1.54, 1.807) is 30.3 Å². The predicted molar refractivity (Wildman–Crippen MR) is 75.2 cm³/mol. The Labute approximate surface area is 115 Å². The summed E-state index contributed by atoms with van der Waals surface area (Å²) in [6.07, 6.45) is 0. The van der Waals surface area contributed by atoms with E-state index in [4.69, 9.17) is 15.2 Å². The number of hydrogen-bond donors (Lipinski definition) is 1. The maximum Gasteiger partial charge on any atom is 0.334 e. The van der Waals surface area contributed by atoms with E-state index in [2.05, 4.69) is 0 Å². The summed E-state index contributed by atoms with van der Waals surface area (Å²) in [4.78, 5) is 10.5. The number of rotatable bonds is 5. The molecule has 2 aromatic carbocycles. The van der Waals surface area contributed by atoms with Crippen LogP contribution < -0.4 is 15.2 Å². The number of para-hydroxylation sites is 3. The maximum absolute atomic E-state index is 11.1. The molecule has 0 saturated carbocycles. The van der Waals surface area contributed by atoms with E-state index in [9.17, 15) is 10.1 Å². The van der Waals surface area contributed by atoms with Crippen molar-refractivity contribution >= 4 is 11.4 Å². The summed E-state index contributed by atoms with van der Waals surface area (Å²) in [5, 5.41) is 11.1. The second kappa shape index (κ2) is 5.92. The number of nitro benzene ring substituents is 1. The lowest BCUT2D eigenvalue weighted by atomic mass is 10.2. The molecule has 0 saturated heterocycles. The molecular weight excluding hydrogens is 260 g/mol. The smallest absolute Gasteiger partial charge is 0.334 e. The lowest BCUT2D eigenvalue weighted by molar-refractivity contribution is -0.384. The fourth-order valence-electron chi connectivity index (χ4n) is 1.74. The van der Waals surface area contributed by atoms with Gasteiger partial charge in [0.2, 0.25) is 5.75 Å². The Morgan fingerprint density at radius 1 is 1.10 bits per heavy atom. The predicted octanol–water partition coefficient (Wildman–Crippen LogP) is 3.37. The van der Waals surface area contributed by atoms with Crippen LogP contribution in [0.4, 0.5) is 11.4 Å². The zero-order chi connectivity index (χ0) is 14.5. The zero-order valence-electron chi connectivity index (χ0n) is 10.9. The Hall–Kier alpha value is -2.76. The van der Waals surface area contributed by atoms with Crippen molar-refractivity contribution in [3.8, 4) is 17.2 Å². The van der Waals surface area contributed by atoms with Crippen molar-refractivity contribution in [1.82, 2.24) is 0 Å². The Morgan fingerprint density at radius 3 is 2.40 bits per heavy atom. The number of hydrogen-bond acceptors (Lipinski definition) is 5. The van der Waals surface area contributed by atoms with Gasteiger partial charge in [-0.25, -0.2) is 0 Å². The van der Waals surface area contributed by atoms with E-state index >= 15 is 0 Å². The highest BCUT2D eigenvalue weighted by Crippen LogP contribution is 2.38. The van der Waals surface area contributed by atoms with Gasteiger partial charge >= 0.3 is 5.69 Å².